The van der Waals surface area contributed by atoms with Gasteiger partial charge in [0.25, 0.3) is 0 Å². The lowest BCUT2D eigenvalue weighted by molar-refractivity contribution is -0.136. The van der Waals surface area contributed by atoms with Crippen molar-refractivity contribution in [2.75, 3.05) is 11.9 Å². The summed E-state index contributed by atoms with van der Waals surface area (Å²) in [6.45, 7) is 4.04. The van der Waals surface area contributed by atoms with E-state index in [1.54, 1.807) is 6.92 Å². The second-order valence-electron chi connectivity index (χ2n) is 4.72. The molecule has 0 heterocycles. The molecule has 0 aromatic heterocycles. The minimum absolute atomic E-state index is 0.0173. The fourth-order valence-corrected chi connectivity index (χ4v) is 2.33. The number of rotatable bonds is 6. The van der Waals surface area contributed by atoms with Crippen molar-refractivity contribution in [1.82, 2.24) is 0 Å². The number of nitrogens with zero attached hydrogens (tertiary/aromatic N) is 1. The molecule has 0 N–H and O–H groups in total. The molecule has 0 spiro atoms. The minimum atomic E-state index is -0.726. The maximum absolute atomic E-state index is 11.6. The first-order valence-corrected chi connectivity index (χ1v) is 7.70. The SMILES string of the molecule is CCOC(=O)/C(=N\O[C@@H]1CCC[C@H](C)C1)C(=O)CBr. The number of hydrogen-bond acceptors (Lipinski definition) is 5. The molecule has 1 aliphatic carbocycles. The lowest BCUT2D eigenvalue weighted by Gasteiger charge is -2.24. The van der Waals surface area contributed by atoms with Crippen molar-refractivity contribution in [1.29, 1.82) is 0 Å². The number of carbonyl (C=O) groups excluding carboxylic acids is 2. The zero-order chi connectivity index (χ0) is 14.3. The van der Waals surface area contributed by atoms with Crippen LogP contribution in [0.3, 0.4) is 0 Å². The summed E-state index contributed by atoms with van der Waals surface area (Å²) in [5, 5.41) is 3.76. The standard InChI is InChI=1S/C13H20BrNO4/c1-3-18-13(17)12(11(16)8-14)15-19-10-6-4-5-9(2)7-10/h9-10H,3-8H2,1-2H3/b15-12-/t9-,10+/m0/s1. The summed E-state index contributed by atoms with van der Waals surface area (Å²) in [7, 11) is 0. The normalized spacial score (nSPS) is 23.8. The Bertz CT molecular complexity index is 357. The van der Waals surface area contributed by atoms with Crippen LogP contribution in [0.15, 0.2) is 5.16 Å². The highest BCUT2D eigenvalue weighted by molar-refractivity contribution is 9.09. The molecular formula is C13H20BrNO4. The van der Waals surface area contributed by atoms with Crippen LogP contribution in [0.25, 0.3) is 0 Å². The fourth-order valence-electron chi connectivity index (χ4n) is 2.07. The highest BCUT2D eigenvalue weighted by Gasteiger charge is 2.24. The van der Waals surface area contributed by atoms with Gasteiger partial charge in [0.1, 0.15) is 6.10 Å². The van der Waals surface area contributed by atoms with Crippen molar-refractivity contribution in [3.63, 3.8) is 0 Å². The van der Waals surface area contributed by atoms with Crippen LogP contribution in [0.4, 0.5) is 0 Å². The number of halogens is 1. The van der Waals surface area contributed by atoms with Gasteiger partial charge in [-0.15, -0.1) is 0 Å². The fraction of sp³-hybridized carbons (Fsp3) is 0.769. The van der Waals surface area contributed by atoms with Crippen molar-refractivity contribution >= 4 is 33.4 Å². The zero-order valence-corrected chi connectivity index (χ0v) is 12.9. The summed E-state index contributed by atoms with van der Waals surface area (Å²) in [5.41, 5.74) is -0.267. The molecule has 0 bridgehead atoms. The van der Waals surface area contributed by atoms with Gasteiger partial charge in [-0.25, -0.2) is 4.79 Å². The number of carbonyl (C=O) groups is 2. The molecule has 1 aliphatic rings. The Morgan fingerprint density at radius 2 is 2.11 bits per heavy atom. The van der Waals surface area contributed by atoms with Crippen molar-refractivity contribution in [3.8, 4) is 0 Å². The second-order valence-corrected chi connectivity index (χ2v) is 5.28. The molecule has 2 atom stereocenters. The molecule has 0 aromatic carbocycles. The monoisotopic (exact) mass is 333 g/mol. The number of oxime groups is 1. The van der Waals surface area contributed by atoms with Crippen LogP contribution >= 0.6 is 15.9 Å². The van der Waals surface area contributed by atoms with Gasteiger partial charge in [0.05, 0.1) is 11.9 Å². The van der Waals surface area contributed by atoms with Gasteiger partial charge in [-0.3, -0.25) is 4.79 Å². The Morgan fingerprint density at radius 3 is 2.68 bits per heavy atom. The van der Waals surface area contributed by atoms with E-state index in [-0.39, 0.29) is 23.8 Å². The van der Waals surface area contributed by atoms with Crippen LogP contribution in [-0.4, -0.2) is 35.5 Å². The average molecular weight is 334 g/mol. The van der Waals surface area contributed by atoms with Gasteiger partial charge in [0, 0.05) is 0 Å². The van der Waals surface area contributed by atoms with Crippen LogP contribution in [0.1, 0.15) is 39.5 Å². The molecule has 0 saturated heterocycles. The van der Waals surface area contributed by atoms with Crippen molar-refractivity contribution < 1.29 is 19.2 Å². The van der Waals surface area contributed by atoms with Gasteiger partial charge in [0.15, 0.2) is 0 Å². The van der Waals surface area contributed by atoms with Crippen LogP contribution in [0.2, 0.25) is 0 Å². The van der Waals surface area contributed by atoms with E-state index >= 15 is 0 Å². The molecule has 0 aliphatic heterocycles. The molecule has 1 saturated carbocycles. The maximum atomic E-state index is 11.6. The quantitative estimate of drug-likeness (QED) is 0.246. The predicted molar refractivity (Wildman–Crippen MR) is 75.4 cm³/mol. The number of ether oxygens (including phenoxy) is 1. The lowest BCUT2D eigenvalue weighted by Crippen LogP contribution is -2.29. The van der Waals surface area contributed by atoms with Crippen LogP contribution < -0.4 is 0 Å². The maximum Gasteiger partial charge on any atom is 0.364 e. The van der Waals surface area contributed by atoms with Gasteiger partial charge < -0.3 is 9.57 Å². The van der Waals surface area contributed by atoms with Gasteiger partial charge in [-0.2, -0.15) is 0 Å². The van der Waals surface area contributed by atoms with E-state index in [4.69, 9.17) is 9.57 Å². The highest BCUT2D eigenvalue weighted by Crippen LogP contribution is 2.25. The highest BCUT2D eigenvalue weighted by atomic mass is 79.9. The summed E-state index contributed by atoms with van der Waals surface area (Å²) in [6, 6.07) is 0. The van der Waals surface area contributed by atoms with E-state index in [1.807, 2.05) is 0 Å². The number of esters is 1. The molecule has 1 fully saturated rings. The van der Waals surface area contributed by atoms with Crippen LogP contribution in [-0.2, 0) is 19.2 Å². The third kappa shape index (κ3) is 5.30. The van der Waals surface area contributed by atoms with E-state index in [9.17, 15) is 9.59 Å². The molecule has 0 radical (unpaired) electrons. The first-order valence-electron chi connectivity index (χ1n) is 6.58. The van der Waals surface area contributed by atoms with Gasteiger partial charge in [-0.05, 0) is 32.1 Å². The van der Waals surface area contributed by atoms with E-state index in [0.717, 1.165) is 19.3 Å². The molecule has 108 valence electrons. The zero-order valence-electron chi connectivity index (χ0n) is 11.4. The molecule has 19 heavy (non-hydrogen) atoms. The van der Waals surface area contributed by atoms with Crippen LogP contribution in [0, 0.1) is 5.92 Å². The predicted octanol–water partition coefficient (Wildman–Crippen LogP) is 2.46. The van der Waals surface area contributed by atoms with E-state index in [2.05, 4.69) is 28.0 Å². The molecule has 1 rings (SSSR count). The summed E-state index contributed by atoms with van der Waals surface area (Å²) in [5.74, 6) is -0.565. The summed E-state index contributed by atoms with van der Waals surface area (Å²) in [4.78, 5) is 28.6. The van der Waals surface area contributed by atoms with Crippen molar-refractivity contribution in [2.45, 2.75) is 45.6 Å². The number of hydrogen-bond donors (Lipinski definition) is 0. The summed E-state index contributed by atoms with van der Waals surface area (Å²) >= 11 is 3.02. The Morgan fingerprint density at radius 1 is 1.37 bits per heavy atom. The number of ketones is 1. The Hall–Kier alpha value is -0.910. The molecule has 6 heteroatoms. The first kappa shape index (κ1) is 16.1. The molecule has 5 nitrogen and oxygen atoms in total. The van der Waals surface area contributed by atoms with E-state index < -0.39 is 11.8 Å². The summed E-state index contributed by atoms with van der Waals surface area (Å²) < 4.78 is 4.80. The van der Waals surface area contributed by atoms with Gasteiger partial charge in [-0.1, -0.05) is 34.4 Å². The molecule has 0 aromatic rings. The average Bonchev–Trinajstić information content (AvgIpc) is 2.39. The first-order chi connectivity index (χ1) is 9.08. The third-order valence-electron chi connectivity index (χ3n) is 3.04. The molecular weight excluding hydrogens is 314 g/mol. The Balaban J connectivity index is 2.65. The Kier molecular flexibility index (Phi) is 7.05. The second kappa shape index (κ2) is 8.30. The largest absolute Gasteiger partial charge is 0.461 e. The van der Waals surface area contributed by atoms with Crippen molar-refractivity contribution in [3.05, 3.63) is 0 Å². The molecule has 0 unspecified atom stereocenters. The summed E-state index contributed by atoms with van der Waals surface area (Å²) in [6.07, 6.45) is 4.07. The third-order valence-corrected chi connectivity index (χ3v) is 3.54. The van der Waals surface area contributed by atoms with Crippen molar-refractivity contribution in [2.24, 2.45) is 11.1 Å². The smallest absolute Gasteiger partial charge is 0.364 e. The lowest BCUT2D eigenvalue weighted by atomic mass is 9.89. The minimum Gasteiger partial charge on any atom is -0.461 e. The van der Waals surface area contributed by atoms with E-state index in [1.165, 1.54) is 6.42 Å². The Labute approximate surface area is 121 Å². The molecule has 0 amide bonds. The van der Waals surface area contributed by atoms with E-state index in [0.29, 0.717) is 5.92 Å². The number of Topliss-reactive ketones (excluding diaryl/α,β-unsaturated/α-hetero) is 1. The number of alkyl halides is 1. The van der Waals surface area contributed by atoms with Gasteiger partial charge in [0.2, 0.25) is 11.5 Å². The topological polar surface area (TPSA) is 65.0 Å². The van der Waals surface area contributed by atoms with Gasteiger partial charge >= 0.3 is 5.97 Å². The van der Waals surface area contributed by atoms with Crippen LogP contribution in [0.5, 0.6) is 0 Å².